The van der Waals surface area contributed by atoms with E-state index in [0.29, 0.717) is 0 Å². The van der Waals surface area contributed by atoms with Crippen LogP contribution >= 0.6 is 0 Å². The molecule has 0 saturated carbocycles. The number of fused-ring (bicyclic) bond motifs is 6. The Balaban J connectivity index is 1.34. The Hall–Kier alpha value is -5.70. The van der Waals surface area contributed by atoms with E-state index >= 15 is 0 Å². The predicted molar refractivity (Wildman–Crippen MR) is 198 cm³/mol. The monoisotopic (exact) mass is 602 g/mol. The highest BCUT2D eigenvalue weighted by Gasteiger charge is 2.43. The first kappa shape index (κ1) is 26.7. The molecule has 216 valence electrons. The van der Waals surface area contributed by atoms with Gasteiger partial charge in [-0.2, -0.15) is 0 Å². The Morgan fingerprint density at radius 3 is 1.57 bits per heavy atom. The predicted octanol–water partition coefficient (Wildman–Crippen LogP) is 8.94. The fraction of sp³-hybridized carbons (Fsp3) is 0. The van der Waals surface area contributed by atoms with Gasteiger partial charge in [0.25, 0.3) is 0 Å². The smallest absolute Gasteiger partial charge is 0.184 e. The van der Waals surface area contributed by atoms with E-state index in [1.54, 1.807) is 0 Å². The van der Waals surface area contributed by atoms with Gasteiger partial charge in [-0.15, -0.1) is 0 Å². The minimum atomic E-state index is -2.77. The van der Waals surface area contributed by atoms with Gasteiger partial charge in [0, 0.05) is 10.8 Å². The van der Waals surface area contributed by atoms with E-state index in [-0.39, 0.29) is 0 Å². The van der Waals surface area contributed by atoms with Crippen molar-refractivity contribution in [2.45, 2.75) is 0 Å². The molecule has 0 N–H and O–H groups in total. The summed E-state index contributed by atoms with van der Waals surface area (Å²) in [5, 5.41) is 12.6. The number of furan rings is 1. The van der Waals surface area contributed by atoms with Gasteiger partial charge in [-0.25, -0.2) is 0 Å². The molecular formula is C44H30OSi. The maximum Gasteiger partial charge on any atom is 0.184 e. The third-order valence-electron chi connectivity index (χ3n) is 9.60. The summed E-state index contributed by atoms with van der Waals surface area (Å²) in [5.74, 6) is 0. The molecule has 1 nitrogen and oxygen atoms in total. The number of benzene rings is 8. The lowest BCUT2D eigenvalue weighted by molar-refractivity contribution is 0.671. The number of rotatable bonds is 5. The van der Waals surface area contributed by atoms with Crippen molar-refractivity contribution >= 4 is 72.3 Å². The summed E-state index contributed by atoms with van der Waals surface area (Å²) in [6.45, 7) is 0. The topological polar surface area (TPSA) is 13.1 Å². The molecule has 0 radical (unpaired) electrons. The van der Waals surface area contributed by atoms with Gasteiger partial charge in [-0.3, -0.25) is 0 Å². The Morgan fingerprint density at radius 2 is 0.913 bits per heavy atom. The van der Waals surface area contributed by atoms with Crippen LogP contribution in [0.3, 0.4) is 0 Å². The van der Waals surface area contributed by atoms with Crippen LogP contribution in [0.2, 0.25) is 0 Å². The Labute approximate surface area is 269 Å². The van der Waals surface area contributed by atoms with Gasteiger partial charge >= 0.3 is 0 Å². The minimum absolute atomic E-state index is 0.911. The molecule has 0 aliphatic carbocycles. The Bertz CT molecular complexity index is 2420. The number of para-hydroxylation sites is 1. The van der Waals surface area contributed by atoms with Gasteiger partial charge in [-0.1, -0.05) is 164 Å². The molecule has 0 bridgehead atoms. The highest BCUT2D eigenvalue weighted by atomic mass is 28.3. The van der Waals surface area contributed by atoms with E-state index in [1.807, 2.05) is 0 Å². The molecule has 1 heterocycles. The van der Waals surface area contributed by atoms with Gasteiger partial charge < -0.3 is 4.42 Å². The zero-order valence-electron chi connectivity index (χ0n) is 25.2. The highest BCUT2D eigenvalue weighted by Crippen LogP contribution is 2.38. The van der Waals surface area contributed by atoms with E-state index in [4.69, 9.17) is 4.42 Å². The van der Waals surface area contributed by atoms with Crippen LogP contribution in [-0.2, 0) is 0 Å². The average Bonchev–Trinajstić information content (AvgIpc) is 3.52. The molecule has 9 rings (SSSR count). The zero-order valence-corrected chi connectivity index (χ0v) is 26.2. The quantitative estimate of drug-likeness (QED) is 0.109. The molecule has 9 aromatic rings. The Kier molecular flexibility index (Phi) is 6.22. The van der Waals surface area contributed by atoms with Crippen molar-refractivity contribution in [1.82, 2.24) is 0 Å². The molecule has 2 heteroatoms. The van der Waals surface area contributed by atoms with E-state index in [9.17, 15) is 0 Å². The van der Waals surface area contributed by atoms with E-state index in [0.717, 1.165) is 21.9 Å². The van der Waals surface area contributed by atoms with Gasteiger partial charge in [0.15, 0.2) is 8.07 Å². The van der Waals surface area contributed by atoms with Crippen molar-refractivity contribution < 1.29 is 4.42 Å². The van der Waals surface area contributed by atoms with Gasteiger partial charge in [-0.05, 0) is 71.6 Å². The van der Waals surface area contributed by atoms with Crippen molar-refractivity contribution in [2.24, 2.45) is 0 Å². The second kappa shape index (κ2) is 10.7. The number of hydrogen-bond donors (Lipinski definition) is 0. The van der Waals surface area contributed by atoms with Crippen LogP contribution in [0.5, 0.6) is 0 Å². The summed E-state index contributed by atoms with van der Waals surface area (Å²) in [6.07, 6.45) is 0. The first-order valence-corrected chi connectivity index (χ1v) is 17.9. The molecule has 0 aliphatic heterocycles. The standard InChI is InChI=1S/C44H30OSi/c1-4-16-33(17-5-1)46(34-18-6-2-7-19-34,35-20-8-3-9-21-35)43-26-14-25-39-41-30-32(27-28-42(41)45-44(39)43)40-29-31-15-10-11-22-36(31)37-23-12-13-24-38(37)40/h1-30H. The highest BCUT2D eigenvalue weighted by molar-refractivity contribution is 7.20. The van der Waals surface area contributed by atoms with Crippen LogP contribution in [0.1, 0.15) is 0 Å². The lowest BCUT2D eigenvalue weighted by Gasteiger charge is -2.34. The summed E-state index contributed by atoms with van der Waals surface area (Å²) in [6, 6.07) is 66.4. The van der Waals surface area contributed by atoms with Crippen LogP contribution in [0.15, 0.2) is 186 Å². The lowest BCUT2D eigenvalue weighted by atomic mass is 9.93. The van der Waals surface area contributed by atoms with Crippen LogP contribution in [0, 0.1) is 0 Å². The van der Waals surface area contributed by atoms with Crippen LogP contribution < -0.4 is 20.7 Å². The maximum atomic E-state index is 6.94. The Morgan fingerprint density at radius 1 is 0.370 bits per heavy atom. The first-order valence-electron chi connectivity index (χ1n) is 15.9. The molecule has 0 aliphatic rings. The van der Waals surface area contributed by atoms with Gasteiger partial charge in [0.2, 0.25) is 0 Å². The lowest BCUT2D eigenvalue weighted by Crippen LogP contribution is -2.74. The summed E-state index contributed by atoms with van der Waals surface area (Å²) in [7, 11) is -2.77. The first-order chi connectivity index (χ1) is 22.8. The molecule has 0 unspecified atom stereocenters. The average molecular weight is 603 g/mol. The summed E-state index contributed by atoms with van der Waals surface area (Å²) in [4.78, 5) is 0. The molecule has 0 fully saturated rings. The third-order valence-corrected chi connectivity index (χ3v) is 14.4. The van der Waals surface area contributed by atoms with E-state index in [2.05, 4.69) is 182 Å². The second-order valence-corrected chi connectivity index (χ2v) is 15.8. The SMILES string of the molecule is c1ccc([Si](c2ccccc2)(c2ccccc2)c2cccc3c2oc2ccc(-c4cc5ccccc5c5ccccc45)cc23)cc1. The van der Waals surface area contributed by atoms with E-state index in [1.165, 1.54) is 53.4 Å². The molecule has 0 atom stereocenters. The summed E-state index contributed by atoms with van der Waals surface area (Å²) < 4.78 is 6.94. The van der Waals surface area contributed by atoms with Crippen molar-refractivity contribution in [1.29, 1.82) is 0 Å². The molecule has 0 amide bonds. The van der Waals surface area contributed by atoms with Crippen LogP contribution in [0.25, 0.3) is 54.6 Å². The molecule has 0 saturated heterocycles. The fourth-order valence-electron chi connectivity index (χ4n) is 7.59. The summed E-state index contributed by atoms with van der Waals surface area (Å²) in [5.41, 5.74) is 4.32. The normalized spacial score (nSPS) is 11.9. The maximum absolute atomic E-state index is 6.94. The van der Waals surface area contributed by atoms with Crippen molar-refractivity contribution in [3.05, 3.63) is 182 Å². The molecule has 8 aromatic carbocycles. The molecule has 0 spiro atoms. The van der Waals surface area contributed by atoms with Crippen molar-refractivity contribution in [3.8, 4) is 11.1 Å². The third kappa shape index (κ3) is 4.01. The van der Waals surface area contributed by atoms with E-state index < -0.39 is 8.07 Å². The van der Waals surface area contributed by atoms with Crippen LogP contribution in [0.4, 0.5) is 0 Å². The fourth-order valence-corrected chi connectivity index (χ4v) is 12.5. The molecule has 1 aromatic heterocycles. The van der Waals surface area contributed by atoms with Gasteiger partial charge in [0.05, 0.1) is 0 Å². The van der Waals surface area contributed by atoms with Crippen molar-refractivity contribution in [3.63, 3.8) is 0 Å². The van der Waals surface area contributed by atoms with Crippen molar-refractivity contribution in [2.75, 3.05) is 0 Å². The molecular weight excluding hydrogens is 573 g/mol. The van der Waals surface area contributed by atoms with Crippen LogP contribution in [-0.4, -0.2) is 8.07 Å². The number of hydrogen-bond acceptors (Lipinski definition) is 1. The zero-order chi connectivity index (χ0) is 30.5. The minimum Gasteiger partial charge on any atom is -0.456 e. The summed E-state index contributed by atoms with van der Waals surface area (Å²) >= 11 is 0. The molecule has 46 heavy (non-hydrogen) atoms. The second-order valence-electron chi connectivity index (χ2n) is 12.0. The largest absolute Gasteiger partial charge is 0.456 e. The van der Waals surface area contributed by atoms with Gasteiger partial charge in [0.1, 0.15) is 11.2 Å².